The third-order valence-corrected chi connectivity index (χ3v) is 5.88. The summed E-state index contributed by atoms with van der Waals surface area (Å²) in [7, 11) is 0. The van der Waals surface area contributed by atoms with E-state index in [1.807, 2.05) is 89.8 Å². The van der Waals surface area contributed by atoms with Crippen molar-refractivity contribution in [2.45, 2.75) is 24.8 Å². The van der Waals surface area contributed by atoms with E-state index in [0.29, 0.717) is 6.04 Å². The van der Waals surface area contributed by atoms with E-state index < -0.39 is 0 Å². The van der Waals surface area contributed by atoms with E-state index in [2.05, 4.69) is 5.32 Å². The molecule has 148 valence electrons. The molecule has 1 amide bonds. The molecular formula is C25H25ClN2O. The van der Waals surface area contributed by atoms with Gasteiger partial charge in [-0.05, 0) is 36.1 Å². The molecule has 0 atom stereocenters. The van der Waals surface area contributed by atoms with Crippen LogP contribution < -0.4 is 5.32 Å². The Kier molecular flexibility index (Phi) is 6.16. The molecule has 0 aromatic heterocycles. The van der Waals surface area contributed by atoms with Crippen LogP contribution in [0.2, 0.25) is 5.02 Å². The zero-order valence-corrected chi connectivity index (χ0v) is 17.1. The van der Waals surface area contributed by atoms with Gasteiger partial charge in [-0.25, -0.2) is 0 Å². The van der Waals surface area contributed by atoms with Gasteiger partial charge in [0.25, 0.3) is 0 Å². The van der Waals surface area contributed by atoms with Gasteiger partial charge in [-0.3, -0.25) is 4.79 Å². The predicted molar refractivity (Wildman–Crippen MR) is 119 cm³/mol. The van der Waals surface area contributed by atoms with Crippen LogP contribution in [0.25, 0.3) is 0 Å². The molecule has 4 heteroatoms. The van der Waals surface area contributed by atoms with Crippen LogP contribution in [0.3, 0.4) is 0 Å². The number of halogens is 1. The van der Waals surface area contributed by atoms with Crippen LogP contribution in [-0.4, -0.2) is 29.9 Å². The van der Waals surface area contributed by atoms with Crippen LogP contribution in [-0.2, 0) is 4.79 Å². The average molecular weight is 405 g/mol. The summed E-state index contributed by atoms with van der Waals surface area (Å²) in [6.07, 6.45) is 1.82. The SMILES string of the molecule is O=C(C(c1ccccc1)c1ccccc1)N1CCC(Nc2ccccc2Cl)CC1. The molecule has 0 radical (unpaired) electrons. The summed E-state index contributed by atoms with van der Waals surface area (Å²) in [6.45, 7) is 1.49. The number of rotatable bonds is 5. The Morgan fingerprint density at radius 2 is 1.34 bits per heavy atom. The van der Waals surface area contributed by atoms with Gasteiger partial charge in [-0.15, -0.1) is 0 Å². The number of anilines is 1. The Labute approximate surface area is 177 Å². The third kappa shape index (κ3) is 4.63. The number of likely N-dealkylation sites (tertiary alicyclic amines) is 1. The van der Waals surface area contributed by atoms with Gasteiger partial charge in [-0.1, -0.05) is 84.4 Å². The number of hydrogen-bond donors (Lipinski definition) is 1. The van der Waals surface area contributed by atoms with Crippen LogP contribution in [0, 0.1) is 0 Å². The summed E-state index contributed by atoms with van der Waals surface area (Å²) >= 11 is 6.27. The fraction of sp³-hybridized carbons (Fsp3) is 0.240. The number of amides is 1. The van der Waals surface area contributed by atoms with Gasteiger partial charge in [-0.2, -0.15) is 0 Å². The molecule has 3 aromatic carbocycles. The highest BCUT2D eigenvalue weighted by atomic mass is 35.5. The lowest BCUT2D eigenvalue weighted by atomic mass is 9.89. The highest BCUT2D eigenvalue weighted by Gasteiger charge is 2.30. The lowest BCUT2D eigenvalue weighted by Gasteiger charge is -2.35. The van der Waals surface area contributed by atoms with Gasteiger partial charge in [0, 0.05) is 19.1 Å². The maximum atomic E-state index is 13.5. The highest BCUT2D eigenvalue weighted by Crippen LogP contribution is 2.29. The molecule has 0 saturated carbocycles. The molecule has 0 bridgehead atoms. The maximum absolute atomic E-state index is 13.5. The largest absolute Gasteiger partial charge is 0.381 e. The molecule has 3 aromatic rings. The van der Waals surface area contributed by atoms with E-state index >= 15 is 0 Å². The van der Waals surface area contributed by atoms with Gasteiger partial charge < -0.3 is 10.2 Å². The summed E-state index contributed by atoms with van der Waals surface area (Å²) < 4.78 is 0. The minimum absolute atomic E-state index is 0.179. The van der Waals surface area contributed by atoms with Crippen molar-refractivity contribution in [1.82, 2.24) is 4.90 Å². The molecule has 1 N–H and O–H groups in total. The first-order valence-electron chi connectivity index (χ1n) is 10.1. The van der Waals surface area contributed by atoms with Crippen LogP contribution in [0.4, 0.5) is 5.69 Å². The molecule has 29 heavy (non-hydrogen) atoms. The molecule has 0 aliphatic carbocycles. The summed E-state index contributed by atoms with van der Waals surface area (Å²) in [5.41, 5.74) is 3.05. The van der Waals surface area contributed by atoms with Crippen LogP contribution >= 0.6 is 11.6 Å². The van der Waals surface area contributed by atoms with Crippen molar-refractivity contribution >= 4 is 23.2 Å². The minimum Gasteiger partial charge on any atom is -0.381 e. The number of hydrogen-bond acceptors (Lipinski definition) is 2. The molecule has 4 rings (SSSR count). The quantitative estimate of drug-likeness (QED) is 0.602. The van der Waals surface area contributed by atoms with Crippen LogP contribution in [0.15, 0.2) is 84.9 Å². The Morgan fingerprint density at radius 1 is 0.828 bits per heavy atom. The normalized spacial score (nSPS) is 14.8. The van der Waals surface area contributed by atoms with E-state index in [4.69, 9.17) is 11.6 Å². The van der Waals surface area contributed by atoms with Gasteiger partial charge >= 0.3 is 0 Å². The monoisotopic (exact) mass is 404 g/mol. The predicted octanol–water partition coefficient (Wildman–Crippen LogP) is 5.58. The molecule has 1 fully saturated rings. The zero-order chi connectivity index (χ0) is 20.1. The number of nitrogens with zero attached hydrogens (tertiary/aromatic N) is 1. The summed E-state index contributed by atoms with van der Waals surface area (Å²) in [6, 6.07) is 28.3. The molecule has 1 aliphatic heterocycles. The van der Waals surface area contributed by atoms with Crippen molar-refractivity contribution in [1.29, 1.82) is 0 Å². The van der Waals surface area contributed by atoms with Crippen molar-refractivity contribution in [3.63, 3.8) is 0 Å². The molecule has 3 nitrogen and oxygen atoms in total. The van der Waals surface area contributed by atoms with Crippen molar-refractivity contribution in [2.75, 3.05) is 18.4 Å². The lowest BCUT2D eigenvalue weighted by molar-refractivity contribution is -0.132. The van der Waals surface area contributed by atoms with Crippen molar-refractivity contribution in [3.8, 4) is 0 Å². The fourth-order valence-corrected chi connectivity index (χ4v) is 4.18. The lowest BCUT2D eigenvalue weighted by Crippen LogP contribution is -2.44. The Morgan fingerprint density at radius 3 is 1.90 bits per heavy atom. The Balaban J connectivity index is 1.46. The molecule has 0 unspecified atom stereocenters. The summed E-state index contributed by atoms with van der Waals surface area (Å²) in [5, 5.41) is 4.27. The van der Waals surface area contributed by atoms with Crippen LogP contribution in [0.5, 0.6) is 0 Å². The zero-order valence-electron chi connectivity index (χ0n) is 16.3. The molecule has 0 spiro atoms. The third-order valence-electron chi connectivity index (χ3n) is 5.55. The highest BCUT2D eigenvalue weighted by molar-refractivity contribution is 6.33. The first-order chi connectivity index (χ1) is 14.2. The second kappa shape index (κ2) is 9.15. The molecule has 1 saturated heterocycles. The van der Waals surface area contributed by atoms with Gasteiger partial charge in [0.05, 0.1) is 16.6 Å². The molecule has 1 heterocycles. The summed E-state index contributed by atoms with van der Waals surface area (Å²) in [4.78, 5) is 15.5. The first kappa shape index (κ1) is 19.5. The van der Waals surface area contributed by atoms with E-state index in [9.17, 15) is 4.79 Å². The van der Waals surface area contributed by atoms with E-state index in [0.717, 1.165) is 47.8 Å². The summed E-state index contributed by atoms with van der Waals surface area (Å²) in [5.74, 6) is -0.0796. The number of para-hydroxylation sites is 1. The minimum atomic E-state index is -0.259. The maximum Gasteiger partial charge on any atom is 0.234 e. The number of piperidine rings is 1. The van der Waals surface area contributed by atoms with Crippen molar-refractivity contribution in [3.05, 3.63) is 101 Å². The fourth-order valence-electron chi connectivity index (χ4n) is 3.99. The van der Waals surface area contributed by atoms with Crippen molar-refractivity contribution in [2.24, 2.45) is 0 Å². The van der Waals surface area contributed by atoms with E-state index in [-0.39, 0.29) is 11.8 Å². The van der Waals surface area contributed by atoms with Gasteiger partial charge in [0.2, 0.25) is 5.91 Å². The Bertz CT molecular complexity index is 898. The number of carbonyl (C=O) groups excluding carboxylic acids is 1. The number of nitrogens with one attached hydrogen (secondary N) is 1. The second-order valence-electron chi connectivity index (χ2n) is 7.48. The topological polar surface area (TPSA) is 32.3 Å². The van der Waals surface area contributed by atoms with Crippen LogP contribution in [0.1, 0.15) is 29.9 Å². The first-order valence-corrected chi connectivity index (χ1v) is 10.5. The van der Waals surface area contributed by atoms with E-state index in [1.54, 1.807) is 0 Å². The average Bonchev–Trinajstić information content (AvgIpc) is 2.77. The van der Waals surface area contributed by atoms with E-state index in [1.165, 1.54) is 0 Å². The smallest absolute Gasteiger partial charge is 0.234 e. The Hall–Kier alpha value is -2.78. The molecular weight excluding hydrogens is 380 g/mol. The molecule has 1 aliphatic rings. The van der Waals surface area contributed by atoms with Gasteiger partial charge in [0.1, 0.15) is 0 Å². The standard InChI is InChI=1S/C25H25ClN2O/c26-22-13-7-8-14-23(22)27-21-15-17-28(18-16-21)25(29)24(19-9-3-1-4-10-19)20-11-5-2-6-12-20/h1-14,21,24,27H,15-18H2. The van der Waals surface area contributed by atoms with Gasteiger partial charge in [0.15, 0.2) is 0 Å². The second-order valence-corrected chi connectivity index (χ2v) is 7.89. The number of benzene rings is 3. The van der Waals surface area contributed by atoms with Crippen molar-refractivity contribution < 1.29 is 4.79 Å². The number of carbonyl (C=O) groups is 1.